The highest BCUT2D eigenvalue weighted by atomic mass is 16.4. The Labute approximate surface area is 184 Å². The first-order chi connectivity index (χ1) is 14.4. The molecule has 0 saturated heterocycles. The van der Waals surface area contributed by atoms with Gasteiger partial charge in [-0.15, -0.1) is 0 Å². The molecule has 0 spiro atoms. The van der Waals surface area contributed by atoms with E-state index >= 15 is 0 Å². The van der Waals surface area contributed by atoms with E-state index in [2.05, 4.69) is 16.0 Å². The normalized spacial score (nSPS) is 17.1. The van der Waals surface area contributed by atoms with E-state index in [0.717, 1.165) is 0 Å². The van der Waals surface area contributed by atoms with Crippen LogP contribution in [-0.2, 0) is 19.2 Å². The van der Waals surface area contributed by atoms with Crippen molar-refractivity contribution in [3.63, 3.8) is 0 Å². The number of amides is 3. The summed E-state index contributed by atoms with van der Waals surface area (Å²) >= 11 is 0. The van der Waals surface area contributed by atoms with Crippen LogP contribution in [0.5, 0.6) is 0 Å². The Morgan fingerprint density at radius 2 is 1.32 bits per heavy atom. The van der Waals surface area contributed by atoms with Gasteiger partial charge in [-0.05, 0) is 24.2 Å². The van der Waals surface area contributed by atoms with E-state index in [-0.39, 0.29) is 17.8 Å². The molecule has 0 aliphatic heterocycles. The summed E-state index contributed by atoms with van der Waals surface area (Å²) in [6.45, 7) is 10.4. The van der Waals surface area contributed by atoms with Crippen LogP contribution >= 0.6 is 0 Å². The van der Waals surface area contributed by atoms with Crippen LogP contribution in [0.15, 0.2) is 0 Å². The number of aliphatic hydroxyl groups excluding tert-OH is 1. The highest BCUT2D eigenvalue weighted by Gasteiger charge is 2.33. The van der Waals surface area contributed by atoms with Gasteiger partial charge in [0, 0.05) is 0 Å². The molecule has 10 heteroatoms. The zero-order valence-electron chi connectivity index (χ0n) is 19.5. The maximum atomic E-state index is 13.0. The van der Waals surface area contributed by atoms with E-state index < -0.39 is 54.5 Å². The maximum absolute atomic E-state index is 13.0. The molecule has 0 fully saturated rings. The second kappa shape index (κ2) is 14.0. The van der Waals surface area contributed by atoms with Gasteiger partial charge in [-0.2, -0.15) is 0 Å². The van der Waals surface area contributed by atoms with Gasteiger partial charge >= 0.3 is 5.97 Å². The van der Waals surface area contributed by atoms with Crippen LogP contribution in [0, 0.1) is 17.8 Å². The summed E-state index contributed by atoms with van der Waals surface area (Å²) in [6, 6.07) is -4.16. The summed E-state index contributed by atoms with van der Waals surface area (Å²) < 4.78 is 0. The number of rotatable bonds is 14. The fourth-order valence-electron chi connectivity index (χ4n) is 2.89. The highest BCUT2D eigenvalue weighted by molar-refractivity contribution is 5.94. The van der Waals surface area contributed by atoms with Gasteiger partial charge in [0.1, 0.15) is 18.1 Å². The van der Waals surface area contributed by atoms with Crippen LogP contribution in [0.4, 0.5) is 0 Å². The van der Waals surface area contributed by atoms with Crippen molar-refractivity contribution in [1.82, 2.24) is 16.0 Å². The van der Waals surface area contributed by atoms with Crippen molar-refractivity contribution in [2.75, 3.05) is 6.61 Å². The summed E-state index contributed by atoms with van der Waals surface area (Å²) in [5, 5.41) is 25.8. The third kappa shape index (κ3) is 9.65. The van der Waals surface area contributed by atoms with Gasteiger partial charge in [-0.1, -0.05) is 54.4 Å². The topological polar surface area (TPSA) is 171 Å². The Morgan fingerprint density at radius 3 is 1.74 bits per heavy atom. The molecule has 0 bridgehead atoms. The predicted octanol–water partition coefficient (Wildman–Crippen LogP) is -0.0167. The second-order valence-electron chi connectivity index (χ2n) is 8.56. The molecule has 0 saturated carbocycles. The molecule has 180 valence electrons. The number of aliphatic carboxylic acids is 1. The first-order valence-electron chi connectivity index (χ1n) is 10.9. The van der Waals surface area contributed by atoms with Crippen LogP contribution in [-0.4, -0.2) is 64.7 Å². The summed E-state index contributed by atoms with van der Waals surface area (Å²) in [5.74, 6) is -3.37. The Bertz CT molecular complexity index is 613. The molecule has 6 atom stereocenters. The molecule has 3 amide bonds. The highest BCUT2D eigenvalue weighted by Crippen LogP contribution is 2.12. The third-order valence-electron chi connectivity index (χ3n) is 5.49. The molecule has 0 aliphatic carbocycles. The van der Waals surface area contributed by atoms with Gasteiger partial charge in [0.25, 0.3) is 0 Å². The Hall–Kier alpha value is -2.20. The average Bonchev–Trinajstić information content (AvgIpc) is 2.72. The fourth-order valence-corrected chi connectivity index (χ4v) is 2.89. The molecule has 0 aromatic carbocycles. The van der Waals surface area contributed by atoms with E-state index in [1.165, 1.54) is 0 Å². The number of carbonyl (C=O) groups is 4. The molecule has 7 N–H and O–H groups in total. The predicted molar refractivity (Wildman–Crippen MR) is 117 cm³/mol. The van der Waals surface area contributed by atoms with Gasteiger partial charge < -0.3 is 31.9 Å². The van der Waals surface area contributed by atoms with Crippen molar-refractivity contribution in [2.45, 2.75) is 85.0 Å². The number of hydrogen-bond donors (Lipinski definition) is 6. The number of nitrogens with two attached hydrogens (primary N) is 1. The first kappa shape index (κ1) is 28.8. The van der Waals surface area contributed by atoms with Crippen LogP contribution in [0.3, 0.4) is 0 Å². The molecular formula is C21H40N4O6. The smallest absolute Gasteiger partial charge is 0.328 e. The van der Waals surface area contributed by atoms with Crippen LogP contribution in [0.2, 0.25) is 0 Å². The van der Waals surface area contributed by atoms with Gasteiger partial charge in [0.05, 0.1) is 12.6 Å². The number of aliphatic hydroxyl groups is 1. The lowest BCUT2D eigenvalue weighted by molar-refractivity contribution is -0.143. The number of hydrogen-bond acceptors (Lipinski definition) is 6. The Kier molecular flexibility index (Phi) is 13.0. The van der Waals surface area contributed by atoms with Crippen LogP contribution < -0.4 is 21.7 Å². The SMILES string of the molecule is CCC(C)C(N)C(=O)NC(CC(C)C)C(=O)NC(C(=O)NC(CO)C(=O)O)C(C)CC. The van der Waals surface area contributed by atoms with E-state index in [4.69, 9.17) is 15.9 Å². The van der Waals surface area contributed by atoms with Gasteiger partial charge in [0.15, 0.2) is 0 Å². The lowest BCUT2D eigenvalue weighted by atomic mass is 9.95. The Morgan fingerprint density at radius 1 is 0.806 bits per heavy atom. The monoisotopic (exact) mass is 444 g/mol. The molecule has 6 unspecified atom stereocenters. The van der Waals surface area contributed by atoms with Crippen LogP contribution in [0.25, 0.3) is 0 Å². The first-order valence-corrected chi connectivity index (χ1v) is 10.9. The summed E-state index contributed by atoms with van der Waals surface area (Å²) in [4.78, 5) is 49.3. The summed E-state index contributed by atoms with van der Waals surface area (Å²) in [7, 11) is 0. The number of carboxylic acids is 1. The minimum absolute atomic E-state index is 0.0622. The zero-order chi connectivity index (χ0) is 24.3. The number of nitrogens with one attached hydrogen (secondary N) is 3. The maximum Gasteiger partial charge on any atom is 0.328 e. The summed E-state index contributed by atoms with van der Waals surface area (Å²) in [5.41, 5.74) is 5.98. The number of carbonyl (C=O) groups excluding carboxylic acids is 3. The van der Waals surface area contributed by atoms with Crippen molar-refractivity contribution < 1.29 is 29.4 Å². The molecular weight excluding hydrogens is 404 g/mol. The van der Waals surface area contributed by atoms with Gasteiger partial charge in [-0.3, -0.25) is 14.4 Å². The molecule has 0 radical (unpaired) electrons. The van der Waals surface area contributed by atoms with E-state index in [0.29, 0.717) is 19.3 Å². The molecule has 0 aliphatic rings. The largest absolute Gasteiger partial charge is 0.480 e. The molecule has 0 aromatic rings. The van der Waals surface area contributed by atoms with E-state index in [9.17, 15) is 19.2 Å². The molecule has 0 rings (SSSR count). The van der Waals surface area contributed by atoms with Crippen molar-refractivity contribution in [1.29, 1.82) is 0 Å². The van der Waals surface area contributed by atoms with E-state index in [1.807, 2.05) is 34.6 Å². The van der Waals surface area contributed by atoms with Gasteiger partial charge in [0.2, 0.25) is 17.7 Å². The zero-order valence-corrected chi connectivity index (χ0v) is 19.5. The average molecular weight is 445 g/mol. The lowest BCUT2D eigenvalue weighted by Gasteiger charge is -2.29. The second-order valence-corrected chi connectivity index (χ2v) is 8.56. The fraction of sp³-hybridized carbons (Fsp3) is 0.810. The summed E-state index contributed by atoms with van der Waals surface area (Å²) in [6.07, 6.45) is 1.59. The van der Waals surface area contributed by atoms with Crippen molar-refractivity contribution in [3.8, 4) is 0 Å². The minimum Gasteiger partial charge on any atom is -0.480 e. The molecule has 0 heterocycles. The quantitative estimate of drug-likeness (QED) is 0.219. The van der Waals surface area contributed by atoms with Crippen molar-refractivity contribution in [2.24, 2.45) is 23.5 Å². The van der Waals surface area contributed by atoms with E-state index in [1.54, 1.807) is 6.92 Å². The minimum atomic E-state index is -1.48. The molecule has 0 aromatic heterocycles. The lowest BCUT2D eigenvalue weighted by Crippen LogP contribution is -2.59. The van der Waals surface area contributed by atoms with Gasteiger partial charge in [-0.25, -0.2) is 4.79 Å². The standard InChI is InChI=1S/C21H40N4O6/c1-7-12(5)16(22)19(28)23-14(9-11(3)4)18(27)25-17(13(6)8-2)20(29)24-15(10-26)21(30)31/h11-17,26H,7-10,22H2,1-6H3,(H,23,28)(H,24,29)(H,25,27)(H,30,31). The van der Waals surface area contributed by atoms with Crippen molar-refractivity contribution in [3.05, 3.63) is 0 Å². The number of carboxylic acid groups (broad SMARTS) is 1. The van der Waals surface area contributed by atoms with Crippen molar-refractivity contribution >= 4 is 23.7 Å². The molecule has 31 heavy (non-hydrogen) atoms. The Balaban J connectivity index is 5.51. The third-order valence-corrected chi connectivity index (χ3v) is 5.49. The molecule has 10 nitrogen and oxygen atoms in total. The van der Waals surface area contributed by atoms with Crippen LogP contribution in [0.1, 0.15) is 60.8 Å².